The lowest BCUT2D eigenvalue weighted by atomic mass is 10.2. The highest BCUT2D eigenvalue weighted by molar-refractivity contribution is 7.12. The Morgan fingerprint density at radius 3 is 2.14 bits per heavy atom. The molecule has 0 atom stereocenters. The van der Waals surface area contributed by atoms with E-state index in [0.717, 1.165) is 0 Å². The summed E-state index contributed by atoms with van der Waals surface area (Å²) in [7, 11) is 0. The fraction of sp³-hybridized carbons (Fsp3) is 0.0526. The molecule has 8 nitrogen and oxygen atoms in total. The average molecular weight is 397 g/mol. The van der Waals surface area contributed by atoms with Crippen molar-refractivity contribution in [3.8, 4) is 11.5 Å². The molecule has 3 aromatic rings. The molecule has 142 valence electrons. The highest BCUT2D eigenvalue weighted by atomic mass is 32.1. The van der Waals surface area contributed by atoms with Crippen molar-refractivity contribution in [2.75, 3.05) is 10.6 Å². The molecule has 2 aromatic carbocycles. The normalized spacial score (nSPS) is 10.2. The maximum absolute atomic E-state index is 12.6. The number of benzene rings is 2. The summed E-state index contributed by atoms with van der Waals surface area (Å²) in [4.78, 5) is 34.2. The third-order valence-electron chi connectivity index (χ3n) is 3.57. The molecule has 0 saturated heterocycles. The number of thiophene rings is 1. The Morgan fingerprint density at radius 2 is 1.57 bits per heavy atom. The van der Waals surface area contributed by atoms with Crippen LogP contribution in [0.3, 0.4) is 0 Å². The van der Waals surface area contributed by atoms with Crippen molar-refractivity contribution in [3.05, 3.63) is 75.0 Å². The van der Waals surface area contributed by atoms with E-state index in [2.05, 4.69) is 10.6 Å². The second-order valence-electron chi connectivity index (χ2n) is 5.68. The Kier molecular flexibility index (Phi) is 5.66. The largest absolute Gasteiger partial charge is 0.456 e. The summed E-state index contributed by atoms with van der Waals surface area (Å²) < 4.78 is 5.69. The topological polar surface area (TPSA) is 111 Å². The van der Waals surface area contributed by atoms with Crippen LogP contribution in [0, 0.1) is 10.1 Å². The molecular formula is C19H15N3O5S. The first-order chi connectivity index (χ1) is 13.4. The maximum Gasteiger partial charge on any atom is 0.269 e. The van der Waals surface area contributed by atoms with Gasteiger partial charge in [-0.05, 0) is 47.8 Å². The third-order valence-corrected chi connectivity index (χ3v) is 4.47. The number of nitrogens with one attached hydrogen (secondary N) is 2. The Morgan fingerprint density at radius 1 is 0.964 bits per heavy atom. The molecule has 0 radical (unpaired) electrons. The monoisotopic (exact) mass is 397 g/mol. The number of hydrogen-bond donors (Lipinski definition) is 2. The number of nitrogens with zero attached hydrogens (tertiary/aromatic N) is 1. The van der Waals surface area contributed by atoms with E-state index >= 15 is 0 Å². The van der Waals surface area contributed by atoms with E-state index in [1.165, 1.54) is 42.5 Å². The van der Waals surface area contributed by atoms with E-state index in [9.17, 15) is 19.7 Å². The molecular weight excluding hydrogens is 382 g/mol. The van der Waals surface area contributed by atoms with Gasteiger partial charge in [0.15, 0.2) is 5.75 Å². The maximum atomic E-state index is 12.6. The Balaban J connectivity index is 1.69. The van der Waals surface area contributed by atoms with Gasteiger partial charge in [-0.25, -0.2) is 0 Å². The minimum absolute atomic E-state index is 0.0432. The van der Waals surface area contributed by atoms with Crippen molar-refractivity contribution >= 4 is 40.2 Å². The molecule has 28 heavy (non-hydrogen) atoms. The van der Waals surface area contributed by atoms with Crippen LogP contribution in [0.25, 0.3) is 0 Å². The summed E-state index contributed by atoms with van der Waals surface area (Å²) in [6.07, 6.45) is 0. The van der Waals surface area contributed by atoms with Crippen molar-refractivity contribution < 1.29 is 19.2 Å². The van der Waals surface area contributed by atoms with Crippen molar-refractivity contribution in [2.45, 2.75) is 6.92 Å². The van der Waals surface area contributed by atoms with Gasteiger partial charge in [0.2, 0.25) is 5.91 Å². The van der Waals surface area contributed by atoms with Crippen LogP contribution in [-0.2, 0) is 4.79 Å². The summed E-state index contributed by atoms with van der Waals surface area (Å²) in [5.41, 5.74) is 1.15. The molecule has 1 heterocycles. The van der Waals surface area contributed by atoms with Gasteiger partial charge in [0.05, 0.1) is 4.92 Å². The highest BCUT2D eigenvalue weighted by Gasteiger charge is 2.16. The van der Waals surface area contributed by atoms with Crippen molar-refractivity contribution in [3.63, 3.8) is 0 Å². The second-order valence-corrected chi connectivity index (χ2v) is 6.60. The molecule has 0 aliphatic carbocycles. The zero-order valence-corrected chi connectivity index (χ0v) is 15.5. The molecule has 0 fully saturated rings. The van der Waals surface area contributed by atoms with Crippen LogP contribution >= 0.6 is 11.3 Å². The Labute approximate surface area is 163 Å². The molecule has 2 amide bonds. The van der Waals surface area contributed by atoms with Crippen LogP contribution in [0.15, 0.2) is 60.0 Å². The van der Waals surface area contributed by atoms with Gasteiger partial charge in [-0.1, -0.05) is 0 Å². The van der Waals surface area contributed by atoms with Gasteiger partial charge < -0.3 is 15.4 Å². The number of anilines is 2. The summed E-state index contributed by atoms with van der Waals surface area (Å²) in [5.74, 6) is 0.214. The van der Waals surface area contributed by atoms with Gasteiger partial charge in [0.1, 0.15) is 10.6 Å². The third kappa shape index (κ3) is 4.71. The molecule has 0 saturated carbocycles. The molecule has 3 rings (SSSR count). The fourth-order valence-electron chi connectivity index (χ4n) is 2.33. The van der Waals surface area contributed by atoms with Gasteiger partial charge in [0, 0.05) is 30.4 Å². The zero-order valence-electron chi connectivity index (χ0n) is 14.7. The van der Waals surface area contributed by atoms with E-state index in [-0.39, 0.29) is 17.5 Å². The minimum atomic E-state index is -0.496. The summed E-state index contributed by atoms with van der Waals surface area (Å²) >= 11 is 1.21. The van der Waals surface area contributed by atoms with Crippen LogP contribution in [0.4, 0.5) is 17.1 Å². The van der Waals surface area contributed by atoms with Crippen LogP contribution in [0.5, 0.6) is 11.5 Å². The van der Waals surface area contributed by atoms with Crippen LogP contribution < -0.4 is 15.4 Å². The molecule has 9 heteroatoms. The first-order valence-corrected chi connectivity index (χ1v) is 8.99. The number of ether oxygens (including phenoxy) is 1. The lowest BCUT2D eigenvalue weighted by Crippen LogP contribution is -2.11. The number of amides is 2. The molecule has 0 unspecified atom stereocenters. The van der Waals surface area contributed by atoms with Gasteiger partial charge in [0.25, 0.3) is 11.6 Å². The number of nitro groups is 1. The highest BCUT2D eigenvalue weighted by Crippen LogP contribution is 2.31. The van der Waals surface area contributed by atoms with E-state index in [4.69, 9.17) is 4.74 Å². The van der Waals surface area contributed by atoms with Crippen molar-refractivity contribution in [2.24, 2.45) is 0 Å². The average Bonchev–Trinajstić information content (AvgIpc) is 3.11. The first kappa shape index (κ1) is 19.1. The lowest BCUT2D eigenvalue weighted by Gasteiger charge is -2.08. The van der Waals surface area contributed by atoms with Crippen LogP contribution in [-0.4, -0.2) is 16.7 Å². The fourth-order valence-corrected chi connectivity index (χ4v) is 3.05. The summed E-state index contributed by atoms with van der Waals surface area (Å²) in [6.45, 7) is 1.42. The number of rotatable bonds is 6. The summed E-state index contributed by atoms with van der Waals surface area (Å²) in [5, 5.41) is 17.8. The number of carbonyl (C=O) groups is 2. The zero-order chi connectivity index (χ0) is 20.1. The summed E-state index contributed by atoms with van der Waals surface area (Å²) in [6, 6.07) is 14.0. The Hall–Kier alpha value is -3.72. The van der Waals surface area contributed by atoms with E-state index in [1.807, 2.05) is 0 Å². The Bertz CT molecular complexity index is 1010. The van der Waals surface area contributed by atoms with Gasteiger partial charge in [-0.15, -0.1) is 11.3 Å². The quantitative estimate of drug-likeness (QED) is 0.464. The SMILES string of the molecule is CC(=O)Nc1ccc(NC(=O)c2sccc2Oc2ccc([N+](=O)[O-])cc2)cc1. The number of nitro benzene ring substituents is 1. The first-order valence-electron chi connectivity index (χ1n) is 8.11. The van der Waals surface area contributed by atoms with Gasteiger partial charge >= 0.3 is 0 Å². The van der Waals surface area contributed by atoms with Gasteiger partial charge in [-0.2, -0.15) is 0 Å². The smallest absolute Gasteiger partial charge is 0.269 e. The number of hydrogen-bond acceptors (Lipinski definition) is 6. The molecule has 0 aliphatic rings. The number of carbonyl (C=O) groups excluding carboxylic acids is 2. The standard InChI is InChI=1S/C19H15N3O5S/c1-12(23)20-13-2-4-14(5-3-13)21-19(24)18-17(10-11-28-18)27-16-8-6-15(7-9-16)22(25)26/h2-11H,1H3,(H,20,23)(H,21,24). The molecule has 0 spiro atoms. The number of non-ortho nitro benzene ring substituents is 1. The van der Waals surface area contributed by atoms with E-state index < -0.39 is 4.92 Å². The van der Waals surface area contributed by atoms with Crippen molar-refractivity contribution in [1.29, 1.82) is 0 Å². The molecule has 1 aromatic heterocycles. The van der Waals surface area contributed by atoms with Crippen LogP contribution in [0.1, 0.15) is 16.6 Å². The van der Waals surface area contributed by atoms with E-state index in [0.29, 0.717) is 27.8 Å². The molecule has 2 N–H and O–H groups in total. The van der Waals surface area contributed by atoms with Gasteiger partial charge in [-0.3, -0.25) is 19.7 Å². The van der Waals surface area contributed by atoms with E-state index in [1.54, 1.807) is 35.7 Å². The van der Waals surface area contributed by atoms with Crippen LogP contribution in [0.2, 0.25) is 0 Å². The van der Waals surface area contributed by atoms with Crippen molar-refractivity contribution in [1.82, 2.24) is 0 Å². The molecule has 0 bridgehead atoms. The lowest BCUT2D eigenvalue weighted by molar-refractivity contribution is -0.384. The molecule has 0 aliphatic heterocycles. The second kappa shape index (κ2) is 8.31. The predicted molar refractivity (Wildman–Crippen MR) is 106 cm³/mol. The minimum Gasteiger partial charge on any atom is -0.456 e. The predicted octanol–water partition coefficient (Wildman–Crippen LogP) is 4.66.